The normalized spacial score (nSPS) is 19.7. The van der Waals surface area contributed by atoms with Gasteiger partial charge in [-0.3, -0.25) is 9.59 Å². The van der Waals surface area contributed by atoms with Gasteiger partial charge in [0, 0.05) is 30.4 Å². The molecule has 0 radical (unpaired) electrons. The van der Waals surface area contributed by atoms with Gasteiger partial charge in [-0.1, -0.05) is 0 Å². The molecule has 6 nitrogen and oxygen atoms in total. The fraction of sp³-hybridized carbons (Fsp3) is 0.500. The summed E-state index contributed by atoms with van der Waals surface area (Å²) < 4.78 is 6.10. The van der Waals surface area contributed by atoms with E-state index in [1.54, 1.807) is 0 Å². The summed E-state index contributed by atoms with van der Waals surface area (Å²) in [7, 11) is 0. The van der Waals surface area contributed by atoms with E-state index < -0.39 is 0 Å². The Hall–Kier alpha value is -1.77. The van der Waals surface area contributed by atoms with Gasteiger partial charge >= 0.3 is 0 Å². The first-order valence-corrected chi connectivity index (χ1v) is 10.6. The minimum atomic E-state index is -0.335. The molecule has 2 aromatic heterocycles. The molecular formula is C18H21N3O3S2. The van der Waals surface area contributed by atoms with Gasteiger partial charge in [-0.15, -0.1) is 11.3 Å². The Morgan fingerprint density at radius 3 is 2.62 bits per heavy atom. The lowest BCUT2D eigenvalue weighted by atomic mass is 9.89. The predicted molar refractivity (Wildman–Crippen MR) is 101 cm³/mol. The minimum absolute atomic E-state index is 0.00813. The van der Waals surface area contributed by atoms with E-state index in [1.807, 2.05) is 38.9 Å². The quantitative estimate of drug-likeness (QED) is 0.790. The summed E-state index contributed by atoms with van der Waals surface area (Å²) in [5.41, 5.74) is 0.944. The molecule has 0 atom stereocenters. The van der Waals surface area contributed by atoms with Crippen LogP contribution in [0.2, 0.25) is 0 Å². The number of ether oxygens (including phenoxy) is 1. The minimum Gasteiger partial charge on any atom is -0.371 e. The number of hydrogen-bond acceptors (Lipinski definition) is 6. The van der Waals surface area contributed by atoms with Gasteiger partial charge in [-0.2, -0.15) is 11.3 Å². The van der Waals surface area contributed by atoms with Crippen molar-refractivity contribution in [2.45, 2.75) is 25.4 Å². The van der Waals surface area contributed by atoms with E-state index in [-0.39, 0.29) is 17.4 Å². The van der Waals surface area contributed by atoms with Crippen molar-refractivity contribution in [3.05, 3.63) is 38.5 Å². The van der Waals surface area contributed by atoms with Crippen molar-refractivity contribution in [3.63, 3.8) is 0 Å². The summed E-state index contributed by atoms with van der Waals surface area (Å²) in [4.78, 5) is 33.3. The van der Waals surface area contributed by atoms with Crippen molar-refractivity contribution in [3.8, 4) is 0 Å². The third kappa shape index (κ3) is 3.41. The van der Waals surface area contributed by atoms with Crippen LogP contribution in [-0.4, -0.2) is 65.0 Å². The molecule has 2 aliphatic heterocycles. The summed E-state index contributed by atoms with van der Waals surface area (Å²) in [5.74, 6) is 0.0663. The molecule has 0 bridgehead atoms. The smallest absolute Gasteiger partial charge is 0.273 e. The highest BCUT2D eigenvalue weighted by Crippen LogP contribution is 2.31. The van der Waals surface area contributed by atoms with Crippen molar-refractivity contribution in [2.24, 2.45) is 0 Å². The van der Waals surface area contributed by atoms with Crippen LogP contribution < -0.4 is 0 Å². The number of hydrogen-bond donors (Lipinski definition) is 0. The highest BCUT2D eigenvalue weighted by Gasteiger charge is 2.42. The van der Waals surface area contributed by atoms with E-state index in [9.17, 15) is 9.59 Å². The average Bonchev–Trinajstić information content (AvgIpc) is 3.33. The van der Waals surface area contributed by atoms with E-state index in [2.05, 4.69) is 4.98 Å². The Kier molecular flexibility index (Phi) is 4.81. The highest BCUT2D eigenvalue weighted by molar-refractivity contribution is 7.09. The molecule has 2 amide bonds. The Labute approximate surface area is 160 Å². The number of likely N-dealkylation sites (tertiary alicyclic amines) is 1. The molecule has 0 aliphatic carbocycles. The molecule has 1 spiro atoms. The first-order valence-electron chi connectivity index (χ1n) is 8.73. The third-order valence-electron chi connectivity index (χ3n) is 5.10. The van der Waals surface area contributed by atoms with Crippen molar-refractivity contribution < 1.29 is 14.3 Å². The van der Waals surface area contributed by atoms with Gasteiger partial charge in [-0.25, -0.2) is 4.98 Å². The number of aryl methyl sites for hydroxylation is 1. The van der Waals surface area contributed by atoms with Crippen LogP contribution in [0.1, 0.15) is 38.7 Å². The fourth-order valence-electron chi connectivity index (χ4n) is 3.63. The Morgan fingerprint density at radius 1 is 1.15 bits per heavy atom. The molecule has 26 heavy (non-hydrogen) atoms. The maximum atomic E-state index is 12.7. The summed E-state index contributed by atoms with van der Waals surface area (Å²) in [6.07, 6.45) is 1.49. The predicted octanol–water partition coefficient (Wildman–Crippen LogP) is 2.66. The zero-order chi connectivity index (χ0) is 18.1. The lowest BCUT2D eigenvalue weighted by Gasteiger charge is -2.47. The molecular weight excluding hydrogens is 370 g/mol. The van der Waals surface area contributed by atoms with Crippen LogP contribution in [0.15, 0.2) is 22.2 Å². The molecule has 4 heterocycles. The van der Waals surface area contributed by atoms with Crippen molar-refractivity contribution in [1.29, 1.82) is 0 Å². The standard InChI is InChI=1S/C18H21N3O3S2/c1-13-19-15(11-26-13)17(23)20-5-3-18(4-6-20)12-21(7-8-24-18)16(22)14-2-9-25-10-14/h2,9-11H,3-8,12H2,1H3. The van der Waals surface area contributed by atoms with E-state index in [4.69, 9.17) is 4.74 Å². The second kappa shape index (κ2) is 7.09. The maximum absolute atomic E-state index is 12.7. The van der Waals surface area contributed by atoms with Gasteiger partial charge in [-0.05, 0) is 31.2 Å². The highest BCUT2D eigenvalue weighted by atomic mass is 32.1. The summed E-state index contributed by atoms with van der Waals surface area (Å²) >= 11 is 3.03. The van der Waals surface area contributed by atoms with E-state index in [1.165, 1.54) is 22.7 Å². The number of amides is 2. The second-order valence-corrected chi connectivity index (χ2v) is 8.66. The van der Waals surface area contributed by atoms with E-state index >= 15 is 0 Å². The fourth-order valence-corrected chi connectivity index (χ4v) is 4.85. The van der Waals surface area contributed by atoms with Gasteiger partial charge in [0.05, 0.1) is 29.3 Å². The number of thiophene rings is 1. The number of morpholine rings is 1. The number of nitrogens with zero attached hydrogens (tertiary/aromatic N) is 3. The monoisotopic (exact) mass is 391 g/mol. The SMILES string of the molecule is Cc1nc(C(=O)N2CCC3(CC2)CN(C(=O)c2ccsc2)CCO3)cs1. The molecule has 2 saturated heterocycles. The lowest BCUT2D eigenvalue weighted by Crippen LogP contribution is -2.58. The summed E-state index contributed by atoms with van der Waals surface area (Å²) in [5, 5.41) is 6.54. The van der Waals surface area contributed by atoms with Crippen LogP contribution in [-0.2, 0) is 4.74 Å². The molecule has 8 heteroatoms. The molecule has 2 fully saturated rings. The van der Waals surface area contributed by atoms with Crippen LogP contribution in [0, 0.1) is 6.92 Å². The lowest BCUT2D eigenvalue weighted by molar-refractivity contribution is -0.123. The van der Waals surface area contributed by atoms with Crippen molar-refractivity contribution in [1.82, 2.24) is 14.8 Å². The molecule has 4 rings (SSSR count). The van der Waals surface area contributed by atoms with E-state index in [0.717, 1.165) is 23.4 Å². The maximum Gasteiger partial charge on any atom is 0.273 e. The van der Waals surface area contributed by atoms with Crippen LogP contribution >= 0.6 is 22.7 Å². The number of aromatic nitrogens is 1. The van der Waals surface area contributed by atoms with Crippen LogP contribution in [0.4, 0.5) is 0 Å². The van der Waals surface area contributed by atoms with E-state index in [0.29, 0.717) is 38.5 Å². The number of carbonyl (C=O) groups is 2. The number of rotatable bonds is 2. The second-order valence-electron chi connectivity index (χ2n) is 6.81. The number of piperidine rings is 1. The molecule has 0 unspecified atom stereocenters. The zero-order valence-electron chi connectivity index (χ0n) is 14.6. The van der Waals surface area contributed by atoms with Gasteiger partial charge in [0.15, 0.2) is 0 Å². The molecule has 2 aliphatic rings. The van der Waals surface area contributed by atoms with Gasteiger partial charge in [0.25, 0.3) is 11.8 Å². The Balaban J connectivity index is 1.40. The summed E-state index contributed by atoms with van der Waals surface area (Å²) in [6, 6.07) is 1.87. The summed E-state index contributed by atoms with van der Waals surface area (Å²) in [6.45, 7) is 4.94. The van der Waals surface area contributed by atoms with Gasteiger partial charge in [0.1, 0.15) is 5.69 Å². The average molecular weight is 392 g/mol. The Bertz CT molecular complexity index is 794. The van der Waals surface area contributed by atoms with Gasteiger partial charge < -0.3 is 14.5 Å². The largest absolute Gasteiger partial charge is 0.371 e. The first kappa shape index (κ1) is 17.6. The third-order valence-corrected chi connectivity index (χ3v) is 6.56. The molecule has 0 saturated carbocycles. The van der Waals surface area contributed by atoms with Crippen LogP contribution in [0.25, 0.3) is 0 Å². The molecule has 138 valence electrons. The molecule has 2 aromatic rings. The molecule has 0 N–H and O–H groups in total. The topological polar surface area (TPSA) is 62.7 Å². The zero-order valence-corrected chi connectivity index (χ0v) is 16.3. The van der Waals surface area contributed by atoms with Crippen molar-refractivity contribution in [2.75, 3.05) is 32.8 Å². The van der Waals surface area contributed by atoms with Gasteiger partial charge in [0.2, 0.25) is 0 Å². The number of carbonyl (C=O) groups excluding carboxylic acids is 2. The number of thiazole rings is 1. The first-order chi connectivity index (χ1) is 12.6. The Morgan fingerprint density at radius 2 is 1.96 bits per heavy atom. The molecule has 0 aromatic carbocycles. The van der Waals surface area contributed by atoms with Crippen LogP contribution in [0.3, 0.4) is 0 Å². The van der Waals surface area contributed by atoms with Crippen molar-refractivity contribution >= 4 is 34.5 Å². The van der Waals surface area contributed by atoms with Crippen LogP contribution in [0.5, 0.6) is 0 Å².